The fraction of sp³-hybridized carbons (Fsp3) is 0.357. The lowest BCUT2D eigenvalue weighted by Gasteiger charge is -2.05. The van der Waals surface area contributed by atoms with Gasteiger partial charge in [-0.25, -0.2) is 5.43 Å². The van der Waals surface area contributed by atoms with Crippen LogP contribution in [0.15, 0.2) is 29.4 Å². The average molecular weight is 277 g/mol. The largest absolute Gasteiger partial charge is 0.493 e. The van der Waals surface area contributed by atoms with Crippen molar-refractivity contribution in [3.63, 3.8) is 0 Å². The minimum Gasteiger partial charge on any atom is -0.493 e. The number of amides is 2. The van der Waals surface area contributed by atoms with E-state index in [-0.39, 0.29) is 0 Å². The monoisotopic (exact) mass is 277 g/mol. The Bertz CT molecular complexity index is 486. The van der Waals surface area contributed by atoms with Gasteiger partial charge in [-0.15, -0.1) is 0 Å². The second-order valence-corrected chi connectivity index (χ2v) is 3.93. The van der Waals surface area contributed by atoms with Crippen LogP contribution >= 0.6 is 0 Å². The molecule has 2 amide bonds. The third-order valence-electron chi connectivity index (χ3n) is 2.33. The Labute approximate surface area is 118 Å². The molecule has 0 radical (unpaired) electrons. The van der Waals surface area contributed by atoms with Crippen LogP contribution in [-0.2, 0) is 9.59 Å². The Balaban J connectivity index is 2.56. The number of hydrogen-bond donors (Lipinski definition) is 2. The first-order valence-electron chi connectivity index (χ1n) is 6.52. The Kier molecular flexibility index (Phi) is 6.81. The number of ether oxygens (including phenoxy) is 1. The second-order valence-electron chi connectivity index (χ2n) is 3.93. The normalized spacial score (nSPS) is 10.3. The van der Waals surface area contributed by atoms with Crippen molar-refractivity contribution in [2.45, 2.75) is 20.3 Å². The van der Waals surface area contributed by atoms with Crippen molar-refractivity contribution in [2.24, 2.45) is 5.10 Å². The molecule has 0 aliphatic carbocycles. The zero-order valence-corrected chi connectivity index (χ0v) is 11.7. The zero-order valence-electron chi connectivity index (χ0n) is 11.7. The van der Waals surface area contributed by atoms with E-state index in [1.807, 2.05) is 26.0 Å². The minimum atomic E-state index is -0.788. The first kappa shape index (κ1) is 15.7. The number of hydrogen-bond acceptors (Lipinski definition) is 4. The van der Waals surface area contributed by atoms with Crippen LogP contribution in [0.4, 0.5) is 0 Å². The molecule has 108 valence electrons. The first-order valence-corrected chi connectivity index (χ1v) is 6.52. The van der Waals surface area contributed by atoms with Gasteiger partial charge in [0.25, 0.3) is 0 Å². The summed E-state index contributed by atoms with van der Waals surface area (Å²) in [5, 5.41) is 6.21. The molecular formula is C14H19N3O3. The van der Waals surface area contributed by atoms with E-state index >= 15 is 0 Å². The highest BCUT2D eigenvalue weighted by atomic mass is 16.5. The second kappa shape index (κ2) is 8.68. The summed E-state index contributed by atoms with van der Waals surface area (Å²) in [6.07, 6.45) is 2.21. The number of carbonyl (C=O) groups excluding carboxylic acids is 2. The van der Waals surface area contributed by atoms with Gasteiger partial charge in [0, 0.05) is 12.1 Å². The lowest BCUT2D eigenvalue weighted by Crippen LogP contribution is -2.38. The fourth-order valence-electron chi connectivity index (χ4n) is 1.40. The maximum absolute atomic E-state index is 11.4. The van der Waals surface area contributed by atoms with Gasteiger partial charge in [0.05, 0.1) is 12.8 Å². The van der Waals surface area contributed by atoms with Crippen molar-refractivity contribution in [3.05, 3.63) is 29.8 Å². The molecule has 0 atom stereocenters. The number of rotatable bonds is 6. The number of carbonyl (C=O) groups is 2. The summed E-state index contributed by atoms with van der Waals surface area (Å²) in [4.78, 5) is 22.7. The van der Waals surface area contributed by atoms with Gasteiger partial charge in [-0.2, -0.15) is 5.10 Å². The molecule has 0 bridgehead atoms. The summed E-state index contributed by atoms with van der Waals surface area (Å²) >= 11 is 0. The van der Waals surface area contributed by atoms with E-state index in [4.69, 9.17) is 4.74 Å². The highest BCUT2D eigenvalue weighted by Gasteiger charge is 2.10. The standard InChI is InChI=1S/C14H19N3O3/c1-3-9-15-13(18)14(19)17-16-10-11-7-5-6-8-12(11)20-4-2/h5-8,10H,3-4,9H2,1-2H3,(H,15,18)(H,17,19)/b16-10-. The van der Waals surface area contributed by atoms with E-state index in [1.165, 1.54) is 6.21 Å². The van der Waals surface area contributed by atoms with E-state index < -0.39 is 11.8 Å². The molecule has 2 N–H and O–H groups in total. The topological polar surface area (TPSA) is 79.8 Å². The lowest BCUT2D eigenvalue weighted by atomic mass is 10.2. The van der Waals surface area contributed by atoms with Gasteiger partial charge in [0.2, 0.25) is 0 Å². The van der Waals surface area contributed by atoms with Crippen LogP contribution in [0.1, 0.15) is 25.8 Å². The summed E-state index contributed by atoms with van der Waals surface area (Å²) in [5.74, 6) is -0.811. The number of nitrogens with zero attached hydrogens (tertiary/aromatic N) is 1. The number of hydrazone groups is 1. The Morgan fingerprint density at radius 2 is 2.00 bits per heavy atom. The van der Waals surface area contributed by atoms with Gasteiger partial charge in [0.1, 0.15) is 5.75 Å². The molecule has 6 heteroatoms. The molecule has 0 fully saturated rings. The average Bonchev–Trinajstić information content (AvgIpc) is 2.46. The summed E-state index contributed by atoms with van der Waals surface area (Å²) in [6, 6.07) is 7.29. The van der Waals surface area contributed by atoms with Gasteiger partial charge in [-0.3, -0.25) is 9.59 Å². The Hall–Kier alpha value is -2.37. The van der Waals surface area contributed by atoms with Gasteiger partial charge < -0.3 is 10.1 Å². The van der Waals surface area contributed by atoms with Crippen molar-refractivity contribution in [1.29, 1.82) is 0 Å². The van der Waals surface area contributed by atoms with Gasteiger partial charge in [0.15, 0.2) is 0 Å². The molecule has 0 unspecified atom stereocenters. The summed E-state index contributed by atoms with van der Waals surface area (Å²) in [6.45, 7) is 4.79. The number of benzene rings is 1. The van der Waals surface area contributed by atoms with E-state index in [9.17, 15) is 9.59 Å². The maximum Gasteiger partial charge on any atom is 0.329 e. The van der Waals surface area contributed by atoms with Crippen molar-refractivity contribution in [1.82, 2.24) is 10.7 Å². The van der Waals surface area contributed by atoms with E-state index in [2.05, 4.69) is 15.8 Å². The third-order valence-corrected chi connectivity index (χ3v) is 2.33. The highest BCUT2D eigenvalue weighted by molar-refractivity contribution is 6.35. The van der Waals surface area contributed by atoms with Crippen molar-refractivity contribution in [2.75, 3.05) is 13.2 Å². The molecule has 6 nitrogen and oxygen atoms in total. The van der Waals surface area contributed by atoms with Crippen LogP contribution in [0.2, 0.25) is 0 Å². The summed E-state index contributed by atoms with van der Waals surface area (Å²) < 4.78 is 5.41. The van der Waals surface area contributed by atoms with Crippen molar-refractivity contribution < 1.29 is 14.3 Å². The number of para-hydroxylation sites is 1. The molecular weight excluding hydrogens is 258 g/mol. The smallest absolute Gasteiger partial charge is 0.329 e. The van der Waals surface area contributed by atoms with Gasteiger partial charge >= 0.3 is 11.8 Å². The molecule has 1 aromatic rings. The molecule has 1 aromatic carbocycles. The molecule has 0 saturated carbocycles. The molecule has 0 aliphatic rings. The molecule has 1 rings (SSSR count). The summed E-state index contributed by atoms with van der Waals surface area (Å²) in [7, 11) is 0. The maximum atomic E-state index is 11.4. The van der Waals surface area contributed by atoms with Gasteiger partial charge in [-0.05, 0) is 25.5 Å². The van der Waals surface area contributed by atoms with Crippen LogP contribution in [0.5, 0.6) is 5.75 Å². The Morgan fingerprint density at radius 1 is 1.25 bits per heavy atom. The predicted molar refractivity (Wildman–Crippen MR) is 76.6 cm³/mol. The third kappa shape index (κ3) is 5.09. The number of nitrogens with one attached hydrogen (secondary N) is 2. The molecule has 20 heavy (non-hydrogen) atoms. The van der Waals surface area contributed by atoms with Crippen molar-refractivity contribution >= 4 is 18.0 Å². The molecule has 0 aliphatic heterocycles. The van der Waals surface area contributed by atoms with Gasteiger partial charge in [-0.1, -0.05) is 19.1 Å². The molecule has 0 aromatic heterocycles. The van der Waals surface area contributed by atoms with Crippen LogP contribution < -0.4 is 15.5 Å². The fourth-order valence-corrected chi connectivity index (χ4v) is 1.40. The van der Waals surface area contributed by atoms with E-state index in [0.717, 1.165) is 12.0 Å². The lowest BCUT2D eigenvalue weighted by molar-refractivity contribution is -0.139. The first-order chi connectivity index (χ1) is 9.69. The molecule has 0 heterocycles. The minimum absolute atomic E-state index is 0.461. The highest BCUT2D eigenvalue weighted by Crippen LogP contribution is 2.15. The van der Waals surface area contributed by atoms with E-state index in [0.29, 0.717) is 18.9 Å². The van der Waals surface area contributed by atoms with E-state index in [1.54, 1.807) is 12.1 Å². The van der Waals surface area contributed by atoms with Crippen molar-refractivity contribution in [3.8, 4) is 5.75 Å². The predicted octanol–water partition coefficient (Wildman–Crippen LogP) is 1.06. The SMILES string of the molecule is CCCNC(=O)C(=O)N/N=C\c1ccccc1OCC. The molecule has 0 saturated heterocycles. The Morgan fingerprint density at radius 3 is 2.70 bits per heavy atom. The molecule has 0 spiro atoms. The van der Waals surface area contributed by atoms with Crippen LogP contribution in [0, 0.1) is 0 Å². The van der Waals surface area contributed by atoms with Crippen LogP contribution in [-0.4, -0.2) is 31.2 Å². The van der Waals surface area contributed by atoms with Crippen LogP contribution in [0.25, 0.3) is 0 Å². The quantitative estimate of drug-likeness (QED) is 0.463. The summed E-state index contributed by atoms with van der Waals surface area (Å²) in [5.41, 5.74) is 2.90. The van der Waals surface area contributed by atoms with Crippen LogP contribution in [0.3, 0.4) is 0 Å². The zero-order chi connectivity index (χ0) is 14.8.